The molecule has 0 bridgehead atoms. The molecule has 0 radical (unpaired) electrons. The minimum atomic E-state index is -1.12. The summed E-state index contributed by atoms with van der Waals surface area (Å²) in [6.45, 7) is 3.73. The second kappa shape index (κ2) is 9.75. The Hall–Kier alpha value is -2.31. The molecule has 1 aliphatic carbocycles. The van der Waals surface area contributed by atoms with E-state index in [9.17, 15) is 14.9 Å². The van der Waals surface area contributed by atoms with Gasteiger partial charge in [-0.3, -0.25) is 19.9 Å². The van der Waals surface area contributed by atoms with Crippen LogP contribution >= 0.6 is 0 Å². The molecule has 3 rings (SSSR count). The van der Waals surface area contributed by atoms with Gasteiger partial charge >= 0.3 is 0 Å². The van der Waals surface area contributed by atoms with Gasteiger partial charge in [-0.15, -0.1) is 0 Å². The van der Waals surface area contributed by atoms with Crippen molar-refractivity contribution >= 4 is 6.29 Å². The lowest BCUT2D eigenvalue weighted by atomic mass is 9.92. The third-order valence-electron chi connectivity index (χ3n) is 5.61. The summed E-state index contributed by atoms with van der Waals surface area (Å²) in [5.41, 5.74) is 1.27. The zero-order chi connectivity index (χ0) is 19.8. The Bertz CT molecular complexity index is 732. The Morgan fingerprint density at radius 1 is 1.07 bits per heavy atom. The number of allylic oxidation sites excluding steroid dienone is 2. The highest BCUT2D eigenvalue weighted by Crippen LogP contribution is 2.25. The van der Waals surface area contributed by atoms with Crippen LogP contribution in [0.25, 0.3) is 0 Å². The summed E-state index contributed by atoms with van der Waals surface area (Å²) in [6.07, 6.45) is 9.92. The van der Waals surface area contributed by atoms with Gasteiger partial charge in [0, 0.05) is 43.9 Å². The number of benzene rings is 1. The molecule has 0 saturated carbocycles. The minimum Gasteiger partial charge on any atom is -0.303 e. The van der Waals surface area contributed by atoms with Crippen LogP contribution in [0.4, 0.5) is 0 Å². The van der Waals surface area contributed by atoms with E-state index in [1.165, 1.54) is 5.57 Å². The Labute approximate surface area is 166 Å². The van der Waals surface area contributed by atoms with Gasteiger partial charge in [-0.2, -0.15) is 0 Å². The molecule has 1 heterocycles. The van der Waals surface area contributed by atoms with Crippen LogP contribution in [0, 0.1) is 10.1 Å². The number of carbonyl (C=O) groups excluding carboxylic acids is 1. The Morgan fingerprint density at radius 3 is 2.39 bits per heavy atom. The van der Waals surface area contributed by atoms with Gasteiger partial charge < -0.3 is 4.79 Å². The normalized spacial score (nSPS) is 23.8. The molecule has 28 heavy (non-hydrogen) atoms. The number of carbonyl (C=O) groups is 1. The van der Waals surface area contributed by atoms with E-state index >= 15 is 0 Å². The number of nitro groups is 1. The van der Waals surface area contributed by atoms with E-state index in [-0.39, 0.29) is 17.8 Å². The lowest BCUT2D eigenvalue weighted by Gasteiger charge is -2.30. The fraction of sp³-hybridized carbons (Fsp3) is 0.500. The van der Waals surface area contributed by atoms with Gasteiger partial charge in [0.1, 0.15) is 6.29 Å². The van der Waals surface area contributed by atoms with Crippen LogP contribution in [0.1, 0.15) is 31.2 Å². The van der Waals surface area contributed by atoms with Crippen LogP contribution in [0.3, 0.4) is 0 Å². The molecular formula is C22H29N3O3. The first-order chi connectivity index (χ1) is 13.6. The monoisotopic (exact) mass is 383 g/mol. The van der Waals surface area contributed by atoms with Crippen LogP contribution < -0.4 is 0 Å². The first-order valence-corrected chi connectivity index (χ1v) is 10.0. The minimum absolute atomic E-state index is 0.141. The molecular weight excluding hydrogens is 354 g/mol. The van der Waals surface area contributed by atoms with Gasteiger partial charge in [0.25, 0.3) is 0 Å². The predicted molar refractivity (Wildman–Crippen MR) is 110 cm³/mol. The van der Waals surface area contributed by atoms with Crippen molar-refractivity contribution < 1.29 is 9.72 Å². The molecule has 6 heteroatoms. The first kappa shape index (κ1) is 20.4. The van der Waals surface area contributed by atoms with E-state index in [0.29, 0.717) is 19.6 Å². The SMILES string of the molecule is O=CCCC1([N+](=O)[O-])CN(CC2=CCCC=C2)CCN(Cc2ccccc2)C1. The highest BCUT2D eigenvalue weighted by atomic mass is 16.6. The van der Waals surface area contributed by atoms with Gasteiger partial charge in [-0.1, -0.05) is 48.6 Å². The van der Waals surface area contributed by atoms with Crippen molar-refractivity contribution in [1.82, 2.24) is 9.80 Å². The van der Waals surface area contributed by atoms with E-state index in [4.69, 9.17) is 0 Å². The second-order valence-corrected chi connectivity index (χ2v) is 7.85. The van der Waals surface area contributed by atoms with Crippen LogP contribution in [0.5, 0.6) is 0 Å². The third kappa shape index (κ3) is 5.36. The molecule has 0 aromatic heterocycles. The van der Waals surface area contributed by atoms with E-state index in [0.717, 1.165) is 44.3 Å². The Balaban J connectivity index is 1.80. The zero-order valence-electron chi connectivity index (χ0n) is 16.3. The predicted octanol–water partition coefficient (Wildman–Crippen LogP) is 3.08. The topological polar surface area (TPSA) is 66.7 Å². The molecule has 1 unspecified atom stereocenters. The summed E-state index contributed by atoms with van der Waals surface area (Å²) >= 11 is 0. The smallest absolute Gasteiger partial charge is 0.247 e. The largest absolute Gasteiger partial charge is 0.303 e. The fourth-order valence-corrected chi connectivity index (χ4v) is 4.17. The van der Waals surface area contributed by atoms with Gasteiger partial charge in [0.2, 0.25) is 5.54 Å². The van der Waals surface area contributed by atoms with Gasteiger partial charge in [0.15, 0.2) is 0 Å². The molecule has 0 spiro atoms. The fourth-order valence-electron chi connectivity index (χ4n) is 4.17. The number of hydrogen-bond donors (Lipinski definition) is 0. The van der Waals surface area contributed by atoms with Gasteiger partial charge in [-0.25, -0.2) is 0 Å². The number of hydrogen-bond acceptors (Lipinski definition) is 5. The summed E-state index contributed by atoms with van der Waals surface area (Å²) in [5.74, 6) is 0. The van der Waals surface area contributed by atoms with E-state index < -0.39 is 5.54 Å². The maximum atomic E-state index is 12.2. The molecule has 1 fully saturated rings. The Kier molecular flexibility index (Phi) is 7.12. The second-order valence-electron chi connectivity index (χ2n) is 7.85. The van der Waals surface area contributed by atoms with Gasteiger partial charge in [-0.05, 0) is 24.0 Å². The average Bonchev–Trinajstić information content (AvgIpc) is 2.88. The Morgan fingerprint density at radius 2 is 1.79 bits per heavy atom. The standard InChI is InChI=1S/C22H29N3O3/c26-15-7-12-22(25(27)28)18-23(16-20-8-3-1-4-9-20)13-14-24(19-22)17-21-10-5-2-6-11-21/h1,3-5,8-11,15H,2,6-7,12-14,16-19H2. The summed E-state index contributed by atoms with van der Waals surface area (Å²) in [7, 11) is 0. The van der Waals surface area contributed by atoms with Crippen LogP contribution in [0.2, 0.25) is 0 Å². The molecule has 1 aromatic rings. The van der Waals surface area contributed by atoms with Crippen molar-refractivity contribution in [2.75, 3.05) is 32.7 Å². The van der Waals surface area contributed by atoms with Crippen molar-refractivity contribution in [3.05, 3.63) is 69.8 Å². The summed E-state index contributed by atoms with van der Waals surface area (Å²) in [4.78, 5) is 27.4. The molecule has 6 nitrogen and oxygen atoms in total. The maximum Gasteiger partial charge on any atom is 0.247 e. The van der Waals surface area contributed by atoms with Crippen molar-refractivity contribution in [2.45, 2.75) is 37.8 Å². The zero-order valence-corrected chi connectivity index (χ0v) is 16.3. The van der Waals surface area contributed by atoms with Crippen molar-refractivity contribution in [2.24, 2.45) is 0 Å². The quantitative estimate of drug-likeness (QED) is 0.392. The molecule has 1 saturated heterocycles. The summed E-state index contributed by atoms with van der Waals surface area (Å²) < 4.78 is 0. The highest BCUT2D eigenvalue weighted by Gasteiger charge is 2.47. The van der Waals surface area contributed by atoms with Crippen LogP contribution in [-0.2, 0) is 11.3 Å². The number of rotatable bonds is 8. The molecule has 2 aliphatic rings. The average molecular weight is 383 g/mol. The van der Waals surface area contributed by atoms with Crippen molar-refractivity contribution in [1.29, 1.82) is 0 Å². The van der Waals surface area contributed by atoms with Crippen LogP contribution in [-0.4, -0.2) is 59.3 Å². The molecule has 1 aliphatic heterocycles. The first-order valence-electron chi connectivity index (χ1n) is 10.0. The molecule has 150 valence electrons. The van der Waals surface area contributed by atoms with E-state index in [1.54, 1.807) is 0 Å². The van der Waals surface area contributed by atoms with Crippen molar-refractivity contribution in [3.8, 4) is 0 Å². The molecule has 1 aromatic carbocycles. The highest BCUT2D eigenvalue weighted by molar-refractivity contribution is 5.49. The summed E-state index contributed by atoms with van der Waals surface area (Å²) in [5, 5.41) is 12.2. The maximum absolute atomic E-state index is 12.2. The number of nitrogens with zero attached hydrogens (tertiary/aromatic N) is 3. The lowest BCUT2D eigenvalue weighted by molar-refractivity contribution is -0.571. The third-order valence-corrected chi connectivity index (χ3v) is 5.61. The molecule has 1 atom stereocenters. The van der Waals surface area contributed by atoms with E-state index in [2.05, 4.69) is 40.2 Å². The molecule has 0 N–H and O–H groups in total. The van der Waals surface area contributed by atoms with E-state index in [1.807, 2.05) is 18.2 Å². The summed E-state index contributed by atoms with van der Waals surface area (Å²) in [6, 6.07) is 10.1. The van der Waals surface area contributed by atoms with Crippen LogP contribution in [0.15, 0.2) is 54.1 Å². The molecule has 0 amide bonds. The van der Waals surface area contributed by atoms with Gasteiger partial charge in [0.05, 0.1) is 13.1 Å². The lowest BCUT2D eigenvalue weighted by Crippen LogP contribution is -2.53. The number of aldehydes is 1. The van der Waals surface area contributed by atoms with Crippen molar-refractivity contribution in [3.63, 3.8) is 0 Å².